The maximum Gasteiger partial charge on any atom is 0.303 e. The number of ether oxygens (including phenoxy) is 2. The third kappa shape index (κ3) is 7.30. The number of esters is 2. The monoisotopic (exact) mass is 290 g/mol. The van der Waals surface area contributed by atoms with Crippen LogP contribution in [0.1, 0.15) is 45.3 Å². The van der Waals surface area contributed by atoms with E-state index in [1.807, 2.05) is 49.4 Å². The van der Waals surface area contributed by atoms with Gasteiger partial charge in [-0.25, -0.2) is 0 Å². The van der Waals surface area contributed by atoms with Crippen molar-refractivity contribution in [3.63, 3.8) is 0 Å². The highest BCUT2D eigenvalue weighted by molar-refractivity contribution is 5.66. The van der Waals surface area contributed by atoms with Crippen molar-refractivity contribution in [1.29, 1.82) is 0 Å². The van der Waals surface area contributed by atoms with Crippen LogP contribution in [0.25, 0.3) is 0 Å². The van der Waals surface area contributed by atoms with Crippen molar-refractivity contribution in [3.8, 4) is 0 Å². The van der Waals surface area contributed by atoms with Gasteiger partial charge in [-0.3, -0.25) is 9.59 Å². The van der Waals surface area contributed by atoms with Crippen LogP contribution in [0.5, 0.6) is 0 Å². The maximum atomic E-state index is 11.2. The van der Waals surface area contributed by atoms with Crippen LogP contribution in [0, 0.1) is 0 Å². The van der Waals surface area contributed by atoms with Crippen molar-refractivity contribution in [2.75, 3.05) is 0 Å². The van der Waals surface area contributed by atoms with E-state index >= 15 is 0 Å². The molecule has 0 amide bonds. The van der Waals surface area contributed by atoms with Gasteiger partial charge in [-0.15, -0.1) is 0 Å². The molecule has 0 aliphatic heterocycles. The Bertz CT molecular complexity index is 479. The van der Waals surface area contributed by atoms with Gasteiger partial charge in [-0.2, -0.15) is 0 Å². The minimum atomic E-state index is -0.300. The molecule has 0 bridgehead atoms. The summed E-state index contributed by atoms with van der Waals surface area (Å²) in [5, 5.41) is 0. The molecule has 0 heterocycles. The number of carbonyl (C=O) groups excluding carboxylic acids is 2. The van der Waals surface area contributed by atoms with Crippen LogP contribution in [-0.2, 0) is 19.1 Å². The average Bonchev–Trinajstić information content (AvgIpc) is 2.42. The van der Waals surface area contributed by atoms with Gasteiger partial charge in [-0.1, -0.05) is 42.5 Å². The Labute approximate surface area is 125 Å². The van der Waals surface area contributed by atoms with Gasteiger partial charge in [-0.05, 0) is 12.5 Å². The SMILES string of the molecule is CC(=O)O[C@H](C)C/C=C\C[C@@H](OC(C)=O)c1ccccc1. The molecular formula is C17H22O4. The van der Waals surface area contributed by atoms with Crippen LogP contribution in [-0.4, -0.2) is 18.0 Å². The first-order valence-electron chi connectivity index (χ1n) is 7.03. The highest BCUT2D eigenvalue weighted by Crippen LogP contribution is 2.21. The Hall–Kier alpha value is -2.10. The molecule has 0 aliphatic rings. The number of hydrogen-bond donors (Lipinski definition) is 0. The topological polar surface area (TPSA) is 52.6 Å². The van der Waals surface area contributed by atoms with Crippen molar-refractivity contribution in [3.05, 3.63) is 48.0 Å². The lowest BCUT2D eigenvalue weighted by atomic mass is 10.1. The minimum Gasteiger partial charge on any atom is -0.463 e. The molecule has 4 nitrogen and oxygen atoms in total. The predicted octanol–water partition coefficient (Wildman–Crippen LogP) is 3.58. The zero-order valence-electron chi connectivity index (χ0n) is 12.7. The largest absolute Gasteiger partial charge is 0.463 e. The molecule has 0 aliphatic carbocycles. The zero-order chi connectivity index (χ0) is 15.7. The molecule has 1 aromatic carbocycles. The van der Waals surface area contributed by atoms with Crippen LogP contribution >= 0.6 is 0 Å². The molecule has 0 saturated carbocycles. The summed E-state index contributed by atoms with van der Waals surface area (Å²) in [5.74, 6) is -0.580. The lowest BCUT2D eigenvalue weighted by Crippen LogP contribution is -2.11. The Morgan fingerprint density at radius 3 is 2.14 bits per heavy atom. The van der Waals surface area contributed by atoms with Crippen LogP contribution < -0.4 is 0 Å². The molecule has 0 radical (unpaired) electrons. The van der Waals surface area contributed by atoms with Crippen molar-refractivity contribution in [1.82, 2.24) is 0 Å². The van der Waals surface area contributed by atoms with Gasteiger partial charge in [0.2, 0.25) is 0 Å². The van der Waals surface area contributed by atoms with E-state index < -0.39 is 0 Å². The smallest absolute Gasteiger partial charge is 0.303 e. The highest BCUT2D eigenvalue weighted by atomic mass is 16.5. The van der Waals surface area contributed by atoms with Crippen molar-refractivity contribution in [2.45, 2.75) is 45.8 Å². The Balaban J connectivity index is 2.54. The van der Waals surface area contributed by atoms with Gasteiger partial charge in [0.25, 0.3) is 0 Å². The number of hydrogen-bond acceptors (Lipinski definition) is 4. The summed E-state index contributed by atoms with van der Waals surface area (Å²) in [5.41, 5.74) is 0.963. The highest BCUT2D eigenvalue weighted by Gasteiger charge is 2.12. The summed E-state index contributed by atoms with van der Waals surface area (Å²) in [6.45, 7) is 4.64. The lowest BCUT2D eigenvalue weighted by molar-refractivity contribution is -0.147. The van der Waals surface area contributed by atoms with Crippen molar-refractivity contribution in [2.24, 2.45) is 0 Å². The molecule has 4 heteroatoms. The van der Waals surface area contributed by atoms with Crippen molar-refractivity contribution >= 4 is 11.9 Å². The van der Waals surface area contributed by atoms with E-state index in [2.05, 4.69) is 0 Å². The standard InChI is InChI=1S/C17H22O4/c1-13(20-14(2)18)9-7-8-12-17(21-15(3)19)16-10-5-4-6-11-16/h4-8,10-11,13,17H,9,12H2,1-3H3/b8-7-/t13-,17-/m1/s1. The second-order valence-corrected chi connectivity index (χ2v) is 4.87. The number of carbonyl (C=O) groups is 2. The quantitative estimate of drug-likeness (QED) is 0.569. The van der Waals surface area contributed by atoms with E-state index in [-0.39, 0.29) is 24.1 Å². The summed E-state index contributed by atoms with van der Waals surface area (Å²) in [6, 6.07) is 9.62. The van der Waals surface area contributed by atoms with E-state index in [1.54, 1.807) is 0 Å². The molecule has 1 rings (SSSR count). The van der Waals surface area contributed by atoms with E-state index in [4.69, 9.17) is 9.47 Å². The van der Waals surface area contributed by atoms with Crippen LogP contribution in [0.2, 0.25) is 0 Å². The lowest BCUT2D eigenvalue weighted by Gasteiger charge is -2.15. The fourth-order valence-electron chi connectivity index (χ4n) is 1.96. The third-order valence-corrected chi connectivity index (χ3v) is 2.83. The van der Waals surface area contributed by atoms with E-state index in [9.17, 15) is 9.59 Å². The van der Waals surface area contributed by atoms with E-state index in [0.29, 0.717) is 12.8 Å². The van der Waals surface area contributed by atoms with Crippen LogP contribution in [0.15, 0.2) is 42.5 Å². The van der Waals surface area contributed by atoms with Crippen molar-refractivity contribution < 1.29 is 19.1 Å². The van der Waals surface area contributed by atoms with Crippen LogP contribution in [0.4, 0.5) is 0 Å². The fourth-order valence-corrected chi connectivity index (χ4v) is 1.96. The predicted molar refractivity (Wildman–Crippen MR) is 80.6 cm³/mol. The molecule has 114 valence electrons. The molecule has 1 aromatic rings. The summed E-state index contributed by atoms with van der Waals surface area (Å²) in [4.78, 5) is 22.0. The Morgan fingerprint density at radius 2 is 1.57 bits per heavy atom. The van der Waals surface area contributed by atoms with Gasteiger partial charge in [0, 0.05) is 26.7 Å². The number of rotatable bonds is 7. The Kier molecular flexibility index (Phi) is 7.23. The van der Waals surface area contributed by atoms with E-state index in [1.165, 1.54) is 13.8 Å². The van der Waals surface area contributed by atoms with Crippen LogP contribution in [0.3, 0.4) is 0 Å². The minimum absolute atomic E-state index is 0.150. The first-order chi connectivity index (χ1) is 9.99. The van der Waals surface area contributed by atoms with E-state index in [0.717, 1.165) is 5.56 Å². The summed E-state index contributed by atoms with van der Waals surface area (Å²) >= 11 is 0. The summed E-state index contributed by atoms with van der Waals surface area (Å²) < 4.78 is 10.4. The first-order valence-corrected chi connectivity index (χ1v) is 7.03. The molecule has 0 N–H and O–H groups in total. The second kappa shape index (κ2) is 8.95. The summed E-state index contributed by atoms with van der Waals surface area (Å²) in [6.07, 6.45) is 4.68. The third-order valence-electron chi connectivity index (χ3n) is 2.83. The normalized spacial score (nSPS) is 13.7. The zero-order valence-corrected chi connectivity index (χ0v) is 12.7. The van der Waals surface area contributed by atoms with Gasteiger partial charge in [0.15, 0.2) is 0 Å². The fraction of sp³-hybridized carbons (Fsp3) is 0.412. The first kappa shape index (κ1) is 17.0. The maximum absolute atomic E-state index is 11.2. The Morgan fingerprint density at radius 1 is 1.00 bits per heavy atom. The van der Waals surface area contributed by atoms with Gasteiger partial charge >= 0.3 is 11.9 Å². The molecule has 0 aromatic heterocycles. The molecule has 0 unspecified atom stereocenters. The molecule has 21 heavy (non-hydrogen) atoms. The molecular weight excluding hydrogens is 268 g/mol. The molecule has 0 saturated heterocycles. The summed E-state index contributed by atoms with van der Waals surface area (Å²) in [7, 11) is 0. The van der Waals surface area contributed by atoms with Gasteiger partial charge < -0.3 is 9.47 Å². The number of benzene rings is 1. The molecule has 2 atom stereocenters. The van der Waals surface area contributed by atoms with Gasteiger partial charge in [0.05, 0.1) is 0 Å². The second-order valence-electron chi connectivity index (χ2n) is 4.87. The molecule has 0 spiro atoms. The van der Waals surface area contributed by atoms with Gasteiger partial charge in [0.1, 0.15) is 12.2 Å². The molecule has 0 fully saturated rings. The average molecular weight is 290 g/mol.